The molecule has 0 aliphatic rings. The van der Waals surface area contributed by atoms with Gasteiger partial charge in [-0.05, 0) is 67.0 Å². The van der Waals surface area contributed by atoms with Crippen molar-refractivity contribution >= 4 is 5.69 Å². The zero-order chi connectivity index (χ0) is 20.8. The number of rotatable bonds is 2. The lowest BCUT2D eigenvalue weighted by molar-refractivity contribution is 0.102. The van der Waals surface area contributed by atoms with Gasteiger partial charge in [0.25, 0.3) is 0 Å². The predicted molar refractivity (Wildman–Crippen MR) is 112 cm³/mol. The molecule has 0 fully saturated rings. The molecule has 2 rings (SSSR count). The molecule has 0 amide bonds. The van der Waals surface area contributed by atoms with E-state index in [1.54, 1.807) is 0 Å². The highest BCUT2D eigenvalue weighted by Crippen LogP contribution is 2.42. The average molecular weight is 368 g/mol. The lowest BCUT2D eigenvalue weighted by atomic mass is 9.77. The molecule has 0 saturated heterocycles. The van der Waals surface area contributed by atoms with E-state index >= 15 is 0 Å². The van der Waals surface area contributed by atoms with Crippen molar-refractivity contribution in [1.29, 1.82) is 0 Å². The van der Waals surface area contributed by atoms with Gasteiger partial charge in [-0.1, -0.05) is 58.9 Å². The standard InChI is InChI=1S/C24H33NO2/c1-22(2,3)19-14-17(15-20(21(19)26)23(4,5)6)16-11-10-12-18(13-16)25(27)24(7,8)9/h10-15H,1-9H3. The molecule has 3 heteroatoms. The van der Waals surface area contributed by atoms with Gasteiger partial charge in [0.2, 0.25) is 0 Å². The first-order chi connectivity index (χ1) is 12.1. The molecule has 2 aromatic rings. The Balaban J connectivity index is 2.69. The monoisotopic (exact) mass is 367 g/mol. The lowest BCUT2D eigenvalue weighted by Crippen LogP contribution is -2.37. The summed E-state index contributed by atoms with van der Waals surface area (Å²) in [6, 6.07) is 11.6. The van der Waals surface area contributed by atoms with Crippen LogP contribution in [0.5, 0.6) is 5.75 Å². The molecule has 0 spiro atoms. The Labute approximate surface area is 164 Å². The van der Waals surface area contributed by atoms with Crippen LogP contribution in [-0.2, 0) is 21.1 Å². The Bertz CT molecular complexity index is 782. The molecular weight excluding hydrogens is 334 g/mol. The second kappa shape index (κ2) is 6.87. The smallest absolute Gasteiger partial charge is 0.186 e. The summed E-state index contributed by atoms with van der Waals surface area (Å²) in [4.78, 5) is 0. The fourth-order valence-corrected chi connectivity index (χ4v) is 3.11. The van der Waals surface area contributed by atoms with E-state index in [1.165, 1.54) is 0 Å². The van der Waals surface area contributed by atoms with Gasteiger partial charge in [-0.2, -0.15) is 0 Å². The summed E-state index contributed by atoms with van der Waals surface area (Å²) in [5.74, 6) is 0.120. The normalized spacial score (nSPS) is 13.0. The van der Waals surface area contributed by atoms with Gasteiger partial charge in [-0.25, -0.2) is 5.06 Å². The van der Waals surface area contributed by atoms with Crippen LogP contribution in [0, 0.1) is 0 Å². The third-order valence-electron chi connectivity index (χ3n) is 4.73. The quantitative estimate of drug-likeness (QED) is 0.525. The van der Waals surface area contributed by atoms with Crippen LogP contribution in [-0.4, -0.2) is 5.54 Å². The third kappa shape index (κ3) is 4.65. The van der Waals surface area contributed by atoms with Crippen molar-refractivity contribution < 1.29 is 10.3 Å². The van der Waals surface area contributed by atoms with Gasteiger partial charge < -0.3 is 0 Å². The van der Waals surface area contributed by atoms with Gasteiger partial charge in [0, 0.05) is 11.1 Å². The van der Waals surface area contributed by atoms with E-state index in [2.05, 4.69) is 41.5 Å². The molecule has 0 heterocycles. The minimum absolute atomic E-state index is 0.120. The van der Waals surface area contributed by atoms with E-state index < -0.39 is 5.54 Å². The van der Waals surface area contributed by atoms with E-state index in [-0.39, 0.29) is 16.6 Å². The summed E-state index contributed by atoms with van der Waals surface area (Å²) in [6.45, 7) is 18.1. The van der Waals surface area contributed by atoms with E-state index in [0.29, 0.717) is 5.69 Å². The van der Waals surface area contributed by atoms with Crippen LogP contribution in [0.3, 0.4) is 0 Å². The molecule has 3 nitrogen and oxygen atoms in total. The van der Waals surface area contributed by atoms with Crippen molar-refractivity contribution in [2.75, 3.05) is 5.06 Å². The zero-order valence-electron chi connectivity index (χ0n) is 18.2. The second-order valence-electron chi connectivity index (χ2n) is 10.4. The van der Waals surface area contributed by atoms with Crippen molar-refractivity contribution in [2.45, 2.75) is 78.7 Å². The minimum Gasteiger partial charge on any atom is -0.289 e. The number of hydrogen-bond donors (Lipinski definition) is 0. The van der Waals surface area contributed by atoms with Crippen molar-refractivity contribution in [2.24, 2.45) is 0 Å². The van der Waals surface area contributed by atoms with Crippen molar-refractivity contribution in [3.8, 4) is 16.9 Å². The highest BCUT2D eigenvalue weighted by atomic mass is 16.5. The summed E-state index contributed by atoms with van der Waals surface area (Å²) in [5.41, 5.74) is 3.17. The molecular formula is C24H33NO2. The summed E-state index contributed by atoms with van der Waals surface area (Å²) < 4.78 is 0. The number of nitrogens with zero attached hydrogens (tertiary/aromatic N) is 1. The Morgan fingerprint density at radius 3 is 1.59 bits per heavy atom. The van der Waals surface area contributed by atoms with Crippen molar-refractivity contribution in [3.05, 3.63) is 47.5 Å². The molecule has 0 N–H and O–H groups in total. The zero-order valence-corrected chi connectivity index (χ0v) is 18.2. The van der Waals surface area contributed by atoms with Crippen LogP contribution >= 0.6 is 0 Å². The maximum absolute atomic E-state index is 13.1. The molecule has 0 aromatic heterocycles. The maximum atomic E-state index is 13.1. The van der Waals surface area contributed by atoms with Crippen LogP contribution < -0.4 is 5.06 Å². The Morgan fingerprint density at radius 1 is 0.704 bits per heavy atom. The minimum atomic E-state index is -0.509. The van der Waals surface area contributed by atoms with Gasteiger partial charge in [-0.3, -0.25) is 5.11 Å². The van der Waals surface area contributed by atoms with Crippen LogP contribution in [0.4, 0.5) is 5.69 Å². The molecule has 0 aliphatic carbocycles. The first kappa shape index (κ1) is 21.3. The van der Waals surface area contributed by atoms with Crippen molar-refractivity contribution in [3.63, 3.8) is 0 Å². The molecule has 2 aromatic carbocycles. The number of hydroxylamine groups is 1. The molecule has 0 bridgehead atoms. The third-order valence-corrected chi connectivity index (χ3v) is 4.73. The molecule has 0 unspecified atom stereocenters. The largest absolute Gasteiger partial charge is 0.289 e. The maximum Gasteiger partial charge on any atom is 0.186 e. The Morgan fingerprint density at radius 2 is 1.19 bits per heavy atom. The lowest BCUT2D eigenvalue weighted by Gasteiger charge is -2.29. The van der Waals surface area contributed by atoms with Crippen LogP contribution in [0.1, 0.15) is 73.4 Å². The van der Waals surface area contributed by atoms with Crippen LogP contribution in [0.15, 0.2) is 36.4 Å². The summed E-state index contributed by atoms with van der Waals surface area (Å²) in [5, 5.41) is 26.8. The Kier molecular flexibility index (Phi) is 5.42. The topological polar surface area (TPSA) is 43.0 Å². The van der Waals surface area contributed by atoms with Crippen LogP contribution in [0.2, 0.25) is 0 Å². The SMILES string of the molecule is CC(C)(C)c1cc(-c2cccc(N([O])C(C)(C)C)c2)cc(C(C)(C)C)c1[O]. The van der Waals surface area contributed by atoms with Gasteiger partial charge >= 0.3 is 0 Å². The molecule has 0 atom stereocenters. The molecule has 27 heavy (non-hydrogen) atoms. The summed E-state index contributed by atoms with van der Waals surface area (Å²) >= 11 is 0. The number of anilines is 1. The number of hydrogen-bond acceptors (Lipinski definition) is 1. The van der Waals surface area contributed by atoms with E-state index in [4.69, 9.17) is 0 Å². The fourth-order valence-electron chi connectivity index (χ4n) is 3.11. The van der Waals surface area contributed by atoms with Crippen LogP contribution in [0.25, 0.3) is 11.1 Å². The van der Waals surface area contributed by atoms with E-state index in [0.717, 1.165) is 27.3 Å². The van der Waals surface area contributed by atoms with Gasteiger partial charge in [0.05, 0.1) is 11.2 Å². The first-order valence-electron chi connectivity index (χ1n) is 9.56. The van der Waals surface area contributed by atoms with Crippen molar-refractivity contribution in [1.82, 2.24) is 0 Å². The van der Waals surface area contributed by atoms with Gasteiger partial charge in [0.1, 0.15) is 0 Å². The Hall–Kier alpha value is -2.00. The average Bonchev–Trinajstić information content (AvgIpc) is 2.51. The second-order valence-corrected chi connectivity index (χ2v) is 10.4. The fraction of sp³-hybridized carbons (Fsp3) is 0.500. The van der Waals surface area contributed by atoms with E-state index in [9.17, 15) is 10.3 Å². The highest BCUT2D eigenvalue weighted by Gasteiger charge is 2.28. The molecule has 2 radical (unpaired) electrons. The predicted octanol–water partition coefficient (Wildman–Crippen LogP) is 7.04. The summed E-state index contributed by atoms with van der Waals surface area (Å²) in [7, 11) is 0. The first-order valence-corrected chi connectivity index (χ1v) is 9.56. The summed E-state index contributed by atoms with van der Waals surface area (Å²) in [6.07, 6.45) is 0. The highest BCUT2D eigenvalue weighted by molar-refractivity contribution is 5.72. The molecule has 146 valence electrons. The van der Waals surface area contributed by atoms with E-state index in [1.807, 2.05) is 57.2 Å². The number of benzene rings is 2. The molecule has 0 saturated carbocycles. The molecule has 0 aliphatic heterocycles. The van der Waals surface area contributed by atoms with Gasteiger partial charge in [-0.15, -0.1) is 0 Å². The van der Waals surface area contributed by atoms with Gasteiger partial charge in [0.15, 0.2) is 5.75 Å².